The van der Waals surface area contributed by atoms with Gasteiger partial charge in [0.1, 0.15) is 0 Å². The minimum atomic E-state index is -0.0484. The third-order valence-electron chi connectivity index (χ3n) is 2.58. The van der Waals surface area contributed by atoms with Gasteiger partial charge in [0.05, 0.1) is 6.04 Å². The molecule has 3 N–H and O–H groups in total. The molecule has 0 spiro atoms. The van der Waals surface area contributed by atoms with Crippen LogP contribution < -0.4 is 16.0 Å². The zero-order valence-electron chi connectivity index (χ0n) is 7.97. The van der Waals surface area contributed by atoms with Gasteiger partial charge in [-0.3, -0.25) is 4.79 Å². The van der Waals surface area contributed by atoms with Gasteiger partial charge in [0.15, 0.2) is 0 Å². The van der Waals surface area contributed by atoms with Gasteiger partial charge < -0.3 is 16.0 Å². The first kappa shape index (κ1) is 8.97. The van der Waals surface area contributed by atoms with Crippen molar-refractivity contribution >= 4 is 5.91 Å². The highest BCUT2D eigenvalue weighted by atomic mass is 16.2. The van der Waals surface area contributed by atoms with Gasteiger partial charge in [0.2, 0.25) is 5.91 Å². The molecule has 0 aromatic rings. The van der Waals surface area contributed by atoms with Crippen molar-refractivity contribution in [1.82, 2.24) is 16.0 Å². The normalized spacial score (nSPS) is 25.0. The van der Waals surface area contributed by atoms with Crippen LogP contribution in [0.3, 0.4) is 0 Å². The largest absolute Gasteiger partial charge is 0.352 e. The van der Waals surface area contributed by atoms with Crippen LogP contribution in [0.25, 0.3) is 0 Å². The van der Waals surface area contributed by atoms with Crippen LogP contribution in [0.2, 0.25) is 0 Å². The summed E-state index contributed by atoms with van der Waals surface area (Å²) in [6.07, 6.45) is 2.31. The molecule has 2 aliphatic rings. The number of hydrogen-bond donors (Lipinski definition) is 3. The molecule has 1 saturated heterocycles. The Kier molecular flexibility index (Phi) is 2.51. The van der Waals surface area contributed by atoms with E-state index < -0.39 is 0 Å². The maximum Gasteiger partial charge on any atom is 0.237 e. The van der Waals surface area contributed by atoms with Gasteiger partial charge in [-0.15, -0.1) is 0 Å². The Morgan fingerprint density at radius 1 is 1.38 bits per heavy atom. The maximum atomic E-state index is 11.5. The number of hydrogen-bond acceptors (Lipinski definition) is 3. The molecular weight excluding hydrogens is 166 g/mol. The molecule has 0 bridgehead atoms. The second-order valence-electron chi connectivity index (χ2n) is 4.03. The van der Waals surface area contributed by atoms with Gasteiger partial charge in [-0.05, 0) is 19.8 Å². The average molecular weight is 183 g/mol. The molecule has 2 fully saturated rings. The molecule has 13 heavy (non-hydrogen) atoms. The Morgan fingerprint density at radius 2 is 2.08 bits per heavy atom. The van der Waals surface area contributed by atoms with Crippen LogP contribution in [-0.4, -0.2) is 37.1 Å². The first-order valence-corrected chi connectivity index (χ1v) is 5.03. The fraction of sp³-hybridized carbons (Fsp3) is 0.889. The Labute approximate surface area is 78.5 Å². The molecule has 1 aliphatic heterocycles. The van der Waals surface area contributed by atoms with Crippen molar-refractivity contribution in [2.75, 3.05) is 13.1 Å². The lowest BCUT2D eigenvalue weighted by atomic mass is 10.1. The van der Waals surface area contributed by atoms with Crippen molar-refractivity contribution in [3.8, 4) is 0 Å². The molecule has 4 nitrogen and oxygen atoms in total. The van der Waals surface area contributed by atoms with Gasteiger partial charge in [-0.25, -0.2) is 0 Å². The molecule has 0 aromatic heterocycles. The summed E-state index contributed by atoms with van der Waals surface area (Å²) in [5.41, 5.74) is 0. The van der Waals surface area contributed by atoms with Crippen LogP contribution in [0.4, 0.5) is 0 Å². The van der Waals surface area contributed by atoms with Crippen molar-refractivity contribution in [3.05, 3.63) is 0 Å². The Bertz CT molecular complexity index is 199. The van der Waals surface area contributed by atoms with E-state index in [9.17, 15) is 4.79 Å². The number of rotatable bonds is 4. The molecule has 2 rings (SSSR count). The van der Waals surface area contributed by atoms with E-state index in [-0.39, 0.29) is 11.9 Å². The van der Waals surface area contributed by atoms with E-state index in [2.05, 4.69) is 16.0 Å². The van der Waals surface area contributed by atoms with Crippen LogP contribution in [0, 0.1) is 0 Å². The predicted octanol–water partition coefficient (Wildman–Crippen LogP) is -0.785. The summed E-state index contributed by atoms with van der Waals surface area (Å²) in [7, 11) is 0. The standard InChI is InChI=1S/C9H17N3O/c1-6(11-8-4-10-5-8)9(13)12-7-2-3-7/h6-8,10-11H,2-5H2,1H3,(H,12,13). The van der Waals surface area contributed by atoms with Gasteiger partial charge in [0, 0.05) is 25.2 Å². The fourth-order valence-electron chi connectivity index (χ4n) is 1.39. The third kappa shape index (κ3) is 2.42. The summed E-state index contributed by atoms with van der Waals surface area (Å²) in [5.74, 6) is 0.148. The summed E-state index contributed by atoms with van der Waals surface area (Å²) in [6.45, 7) is 3.90. The molecule has 1 unspecified atom stereocenters. The van der Waals surface area contributed by atoms with Crippen molar-refractivity contribution < 1.29 is 4.79 Å². The van der Waals surface area contributed by atoms with E-state index in [1.54, 1.807) is 0 Å². The lowest BCUT2D eigenvalue weighted by molar-refractivity contribution is -0.123. The van der Waals surface area contributed by atoms with Crippen molar-refractivity contribution in [2.24, 2.45) is 0 Å². The third-order valence-corrected chi connectivity index (χ3v) is 2.58. The second kappa shape index (κ2) is 3.64. The van der Waals surface area contributed by atoms with E-state index in [1.165, 1.54) is 0 Å². The van der Waals surface area contributed by atoms with Crippen molar-refractivity contribution in [2.45, 2.75) is 37.9 Å². The summed E-state index contributed by atoms with van der Waals surface area (Å²) in [4.78, 5) is 11.5. The van der Waals surface area contributed by atoms with Crippen LogP contribution in [0.5, 0.6) is 0 Å². The molecular formula is C9H17N3O. The van der Waals surface area contributed by atoms with E-state index in [4.69, 9.17) is 0 Å². The average Bonchev–Trinajstić information content (AvgIpc) is 2.79. The lowest BCUT2D eigenvalue weighted by Crippen LogP contribution is -2.60. The predicted molar refractivity (Wildman–Crippen MR) is 50.4 cm³/mol. The van der Waals surface area contributed by atoms with E-state index in [0.29, 0.717) is 12.1 Å². The highest BCUT2D eigenvalue weighted by molar-refractivity contribution is 5.81. The van der Waals surface area contributed by atoms with Crippen LogP contribution in [-0.2, 0) is 4.79 Å². The zero-order chi connectivity index (χ0) is 9.26. The number of nitrogens with one attached hydrogen (secondary N) is 3. The van der Waals surface area contributed by atoms with E-state index in [0.717, 1.165) is 25.9 Å². The van der Waals surface area contributed by atoms with Gasteiger partial charge in [-0.2, -0.15) is 0 Å². The number of carbonyl (C=O) groups excluding carboxylic acids is 1. The highest BCUT2D eigenvalue weighted by Gasteiger charge is 2.27. The van der Waals surface area contributed by atoms with Crippen LogP contribution >= 0.6 is 0 Å². The summed E-state index contributed by atoms with van der Waals surface area (Å²) in [5, 5.41) is 9.42. The second-order valence-corrected chi connectivity index (χ2v) is 4.03. The molecule has 1 heterocycles. The van der Waals surface area contributed by atoms with Crippen LogP contribution in [0.15, 0.2) is 0 Å². The van der Waals surface area contributed by atoms with Gasteiger partial charge in [0.25, 0.3) is 0 Å². The van der Waals surface area contributed by atoms with Crippen LogP contribution in [0.1, 0.15) is 19.8 Å². The summed E-state index contributed by atoms with van der Waals surface area (Å²) >= 11 is 0. The zero-order valence-corrected chi connectivity index (χ0v) is 7.97. The SMILES string of the molecule is CC(NC1CNC1)C(=O)NC1CC1. The van der Waals surface area contributed by atoms with E-state index >= 15 is 0 Å². The minimum Gasteiger partial charge on any atom is -0.352 e. The quantitative estimate of drug-likeness (QED) is 0.535. The topological polar surface area (TPSA) is 53.2 Å². The van der Waals surface area contributed by atoms with E-state index in [1.807, 2.05) is 6.92 Å². The Balaban J connectivity index is 1.67. The molecule has 1 amide bonds. The van der Waals surface area contributed by atoms with Crippen molar-refractivity contribution in [1.29, 1.82) is 0 Å². The molecule has 4 heteroatoms. The molecule has 0 aromatic carbocycles. The lowest BCUT2D eigenvalue weighted by Gasteiger charge is -2.30. The monoisotopic (exact) mass is 183 g/mol. The Morgan fingerprint density at radius 3 is 2.54 bits per heavy atom. The van der Waals surface area contributed by atoms with Gasteiger partial charge in [-0.1, -0.05) is 0 Å². The molecule has 74 valence electrons. The molecule has 1 atom stereocenters. The first-order valence-electron chi connectivity index (χ1n) is 5.03. The Hall–Kier alpha value is -0.610. The van der Waals surface area contributed by atoms with Crippen molar-refractivity contribution in [3.63, 3.8) is 0 Å². The number of carbonyl (C=O) groups is 1. The number of amides is 1. The van der Waals surface area contributed by atoms with Gasteiger partial charge >= 0.3 is 0 Å². The smallest absolute Gasteiger partial charge is 0.237 e. The highest BCUT2D eigenvalue weighted by Crippen LogP contribution is 2.18. The minimum absolute atomic E-state index is 0.0484. The summed E-state index contributed by atoms with van der Waals surface area (Å²) < 4.78 is 0. The fourth-order valence-corrected chi connectivity index (χ4v) is 1.39. The molecule has 1 saturated carbocycles. The summed E-state index contributed by atoms with van der Waals surface area (Å²) in [6, 6.07) is 0.906. The first-order chi connectivity index (χ1) is 6.25. The molecule has 1 aliphatic carbocycles. The molecule has 0 radical (unpaired) electrons. The maximum absolute atomic E-state index is 11.5.